The lowest BCUT2D eigenvalue weighted by molar-refractivity contribution is -0.122. The van der Waals surface area contributed by atoms with E-state index in [9.17, 15) is 19.2 Å². The number of nitrogens with zero attached hydrogens (tertiary/aromatic N) is 1. The van der Waals surface area contributed by atoms with Gasteiger partial charge in [-0.3, -0.25) is 14.9 Å². The zero-order valence-corrected chi connectivity index (χ0v) is 22.5. The second kappa shape index (κ2) is 10.6. The van der Waals surface area contributed by atoms with Gasteiger partial charge in [-0.05, 0) is 99.0 Å². The number of carbonyl (C=O) groups is 4. The predicted molar refractivity (Wildman–Crippen MR) is 145 cm³/mol. The monoisotopic (exact) mass is 660 g/mol. The van der Waals surface area contributed by atoms with Crippen molar-refractivity contribution in [3.05, 3.63) is 96.5 Å². The third kappa shape index (κ3) is 5.49. The first kappa shape index (κ1) is 25.6. The lowest BCUT2D eigenvalue weighted by atomic mass is 10.1. The van der Waals surface area contributed by atoms with E-state index in [1.54, 1.807) is 48.5 Å². The van der Waals surface area contributed by atoms with E-state index >= 15 is 0 Å². The van der Waals surface area contributed by atoms with E-state index in [0.717, 1.165) is 16.0 Å². The molecule has 1 fully saturated rings. The number of urea groups is 1. The average Bonchev–Trinajstić information content (AvgIpc) is 2.82. The van der Waals surface area contributed by atoms with Crippen LogP contribution in [0.3, 0.4) is 0 Å². The molecule has 1 saturated heterocycles. The van der Waals surface area contributed by atoms with E-state index in [2.05, 4.69) is 43.8 Å². The van der Waals surface area contributed by atoms with Crippen LogP contribution in [0.1, 0.15) is 27.0 Å². The number of benzene rings is 3. The summed E-state index contributed by atoms with van der Waals surface area (Å²) in [5, 5.41) is 11.2. The highest BCUT2D eigenvalue weighted by atomic mass is 127. The van der Waals surface area contributed by atoms with Crippen molar-refractivity contribution in [3.63, 3.8) is 0 Å². The van der Waals surface area contributed by atoms with Gasteiger partial charge >= 0.3 is 12.0 Å². The lowest BCUT2D eigenvalue weighted by Gasteiger charge is -2.26. The molecule has 1 aliphatic rings. The lowest BCUT2D eigenvalue weighted by Crippen LogP contribution is -2.54. The van der Waals surface area contributed by atoms with E-state index in [0.29, 0.717) is 25.0 Å². The highest BCUT2D eigenvalue weighted by Crippen LogP contribution is 2.34. The minimum absolute atomic E-state index is 0.176. The van der Waals surface area contributed by atoms with E-state index < -0.39 is 23.8 Å². The molecule has 0 unspecified atom stereocenters. The molecule has 2 N–H and O–H groups in total. The molecule has 8 nitrogen and oxygen atoms in total. The number of aryl methyl sites for hydroxylation is 1. The second-order valence-corrected chi connectivity index (χ2v) is 9.91. The van der Waals surface area contributed by atoms with Gasteiger partial charge in [-0.25, -0.2) is 14.5 Å². The molecule has 0 saturated carbocycles. The fraction of sp³-hybridized carbons (Fsp3) is 0.0769. The van der Waals surface area contributed by atoms with Gasteiger partial charge in [0.15, 0.2) is 0 Å². The molecule has 1 heterocycles. The molecule has 0 radical (unpaired) electrons. The van der Waals surface area contributed by atoms with Gasteiger partial charge in [-0.2, -0.15) is 0 Å². The Morgan fingerprint density at radius 3 is 2.36 bits per heavy atom. The van der Waals surface area contributed by atoms with E-state index in [4.69, 9.17) is 9.84 Å². The van der Waals surface area contributed by atoms with Gasteiger partial charge in [-0.15, -0.1) is 0 Å². The van der Waals surface area contributed by atoms with Gasteiger partial charge in [0, 0.05) is 0 Å². The Bertz CT molecular complexity index is 1390. The Hall–Kier alpha value is -3.51. The number of amides is 4. The van der Waals surface area contributed by atoms with Crippen molar-refractivity contribution < 1.29 is 29.0 Å². The number of carboxylic acid groups (broad SMARTS) is 1. The van der Waals surface area contributed by atoms with Crippen LogP contribution in [0.15, 0.2) is 70.7 Å². The Labute approximate surface area is 228 Å². The van der Waals surface area contributed by atoms with Crippen LogP contribution < -0.4 is 15.0 Å². The number of barbiturate groups is 1. The molecule has 4 amide bonds. The maximum Gasteiger partial charge on any atom is 0.335 e. The molecule has 4 rings (SSSR count). The van der Waals surface area contributed by atoms with Crippen LogP contribution in [-0.2, 0) is 16.2 Å². The first-order chi connectivity index (χ1) is 17.1. The number of carbonyl (C=O) groups excluding carboxylic acids is 3. The summed E-state index contributed by atoms with van der Waals surface area (Å²) in [5.74, 6) is -1.94. The molecule has 0 spiro atoms. The molecular weight excluding hydrogens is 643 g/mol. The van der Waals surface area contributed by atoms with Gasteiger partial charge in [0.1, 0.15) is 17.9 Å². The van der Waals surface area contributed by atoms with E-state index in [1.807, 2.05) is 6.92 Å². The number of ether oxygens (including phenoxy) is 1. The maximum absolute atomic E-state index is 13.1. The van der Waals surface area contributed by atoms with Crippen molar-refractivity contribution in [1.82, 2.24) is 5.32 Å². The molecular formula is C26H18BrIN2O6. The number of anilines is 1. The normalized spacial score (nSPS) is 14.7. The van der Waals surface area contributed by atoms with Crippen LogP contribution in [0.25, 0.3) is 6.08 Å². The molecule has 0 aromatic heterocycles. The molecule has 1 aliphatic heterocycles. The van der Waals surface area contributed by atoms with Crippen LogP contribution in [0.5, 0.6) is 5.75 Å². The van der Waals surface area contributed by atoms with E-state index in [1.165, 1.54) is 18.2 Å². The van der Waals surface area contributed by atoms with Crippen molar-refractivity contribution in [1.29, 1.82) is 0 Å². The smallest absolute Gasteiger partial charge is 0.335 e. The standard InChI is InChI=1S/C26H18BrIN2O6/c1-14-2-8-18(9-3-14)30-24(32)19(23(31)29-26(30)35)10-16-11-20(27)22(21(28)12-16)36-13-15-4-6-17(7-5-15)25(33)34/h2-12H,13H2,1H3,(H,33,34)(H,29,31,35)/b19-10+. The van der Waals surface area contributed by atoms with Gasteiger partial charge in [0.25, 0.3) is 11.8 Å². The second-order valence-electron chi connectivity index (χ2n) is 7.90. The summed E-state index contributed by atoms with van der Waals surface area (Å²) in [5.41, 5.74) is 2.69. The molecule has 10 heteroatoms. The number of halogens is 2. The number of hydrogen-bond acceptors (Lipinski definition) is 5. The Morgan fingerprint density at radius 2 is 1.75 bits per heavy atom. The summed E-state index contributed by atoms with van der Waals surface area (Å²) in [6, 6.07) is 15.8. The van der Waals surface area contributed by atoms with Crippen molar-refractivity contribution in [2.24, 2.45) is 0 Å². The van der Waals surface area contributed by atoms with Gasteiger partial charge < -0.3 is 9.84 Å². The third-order valence-corrected chi connectivity index (χ3v) is 6.70. The topological polar surface area (TPSA) is 113 Å². The summed E-state index contributed by atoms with van der Waals surface area (Å²) >= 11 is 5.56. The Kier molecular flexibility index (Phi) is 7.55. The minimum atomic E-state index is -0.999. The fourth-order valence-corrected chi connectivity index (χ4v) is 5.22. The number of carboxylic acids is 1. The Morgan fingerprint density at radius 1 is 1.08 bits per heavy atom. The third-order valence-electron chi connectivity index (χ3n) is 5.31. The summed E-state index contributed by atoms with van der Waals surface area (Å²) < 4.78 is 7.23. The van der Waals surface area contributed by atoms with Gasteiger partial charge in [0.2, 0.25) is 0 Å². The van der Waals surface area contributed by atoms with Crippen LogP contribution in [0.4, 0.5) is 10.5 Å². The highest BCUT2D eigenvalue weighted by Gasteiger charge is 2.36. The summed E-state index contributed by atoms with van der Waals surface area (Å²) in [4.78, 5) is 49.9. The molecule has 3 aromatic rings. The van der Waals surface area contributed by atoms with Crippen LogP contribution >= 0.6 is 38.5 Å². The number of rotatable bonds is 6. The summed E-state index contributed by atoms with van der Waals surface area (Å²) in [7, 11) is 0. The van der Waals surface area contributed by atoms with Crippen molar-refractivity contribution in [3.8, 4) is 5.75 Å². The molecule has 0 atom stereocenters. The molecule has 3 aromatic carbocycles. The quantitative estimate of drug-likeness (QED) is 0.211. The van der Waals surface area contributed by atoms with Crippen molar-refractivity contribution in [2.45, 2.75) is 13.5 Å². The van der Waals surface area contributed by atoms with Crippen LogP contribution in [0, 0.1) is 10.5 Å². The maximum atomic E-state index is 13.1. The van der Waals surface area contributed by atoms with E-state index in [-0.39, 0.29) is 17.7 Å². The van der Waals surface area contributed by atoms with Crippen LogP contribution in [-0.4, -0.2) is 28.9 Å². The zero-order valence-electron chi connectivity index (χ0n) is 18.7. The van der Waals surface area contributed by atoms with Crippen LogP contribution in [0.2, 0.25) is 0 Å². The molecule has 0 bridgehead atoms. The highest BCUT2D eigenvalue weighted by molar-refractivity contribution is 14.1. The van der Waals surface area contributed by atoms with Gasteiger partial charge in [-0.1, -0.05) is 29.8 Å². The summed E-state index contributed by atoms with van der Waals surface area (Å²) in [6.07, 6.45) is 1.42. The number of nitrogens with one attached hydrogen (secondary N) is 1. The fourth-order valence-electron chi connectivity index (χ4n) is 3.45. The first-order valence-corrected chi connectivity index (χ1v) is 12.4. The average molecular weight is 661 g/mol. The number of hydrogen-bond donors (Lipinski definition) is 2. The number of aromatic carboxylic acids is 1. The first-order valence-electron chi connectivity index (χ1n) is 10.6. The molecule has 182 valence electrons. The predicted octanol–water partition coefficient (Wildman–Crippen LogP) is 5.31. The van der Waals surface area contributed by atoms with Gasteiger partial charge in [0.05, 0.1) is 19.3 Å². The SMILES string of the molecule is Cc1ccc(N2C(=O)NC(=O)/C(=C\c3cc(Br)c(OCc4ccc(C(=O)O)cc4)c(I)c3)C2=O)cc1. The zero-order chi connectivity index (χ0) is 26.0. The van der Waals surface area contributed by atoms with Crippen molar-refractivity contribution >= 4 is 74.1 Å². The minimum Gasteiger partial charge on any atom is -0.487 e. The molecule has 36 heavy (non-hydrogen) atoms. The largest absolute Gasteiger partial charge is 0.487 e. The Balaban J connectivity index is 1.57. The van der Waals surface area contributed by atoms with Crippen molar-refractivity contribution in [2.75, 3.05) is 4.90 Å². The molecule has 0 aliphatic carbocycles. The summed E-state index contributed by atoms with van der Waals surface area (Å²) in [6.45, 7) is 2.10. The number of imide groups is 2.